The van der Waals surface area contributed by atoms with Gasteiger partial charge in [0, 0.05) is 30.4 Å². The van der Waals surface area contributed by atoms with E-state index in [1.165, 1.54) is 5.56 Å². The van der Waals surface area contributed by atoms with Crippen LogP contribution in [0.5, 0.6) is 0 Å². The van der Waals surface area contributed by atoms with Gasteiger partial charge in [-0.3, -0.25) is 0 Å². The Morgan fingerprint density at radius 3 is 2.88 bits per heavy atom. The van der Waals surface area contributed by atoms with Gasteiger partial charge >= 0.3 is 0 Å². The molecule has 0 radical (unpaired) electrons. The number of piperidine rings is 1. The Morgan fingerprint density at radius 2 is 2.08 bits per heavy atom. The predicted octanol–water partition coefficient (Wildman–Crippen LogP) is 2.87. The number of hydrogen-bond acceptors (Lipinski definition) is 6. The fourth-order valence-corrected chi connectivity index (χ4v) is 3.80. The van der Waals surface area contributed by atoms with Gasteiger partial charge in [-0.15, -0.1) is 0 Å². The highest BCUT2D eigenvalue weighted by molar-refractivity contribution is 6.33. The molecule has 0 bridgehead atoms. The lowest BCUT2D eigenvalue weighted by Gasteiger charge is -2.33. The molecule has 0 amide bonds. The second-order valence-corrected chi connectivity index (χ2v) is 7.27. The fourth-order valence-electron chi connectivity index (χ4n) is 3.68. The molecule has 5 N–H and O–H groups in total. The third kappa shape index (κ3) is 3.37. The van der Waals surface area contributed by atoms with Crippen LogP contribution in [-0.4, -0.2) is 29.1 Å². The summed E-state index contributed by atoms with van der Waals surface area (Å²) in [6.07, 6.45) is 5.37. The number of aromatic nitrogens is 2. The average molecular weight is 359 g/mol. The van der Waals surface area contributed by atoms with Gasteiger partial charge in [-0.25, -0.2) is 4.98 Å². The molecular formula is C18H23ClN6. The Balaban J connectivity index is 1.66. The molecule has 1 aliphatic carbocycles. The molecule has 1 aliphatic heterocycles. The highest BCUT2D eigenvalue weighted by atomic mass is 35.5. The molecule has 1 aromatic carbocycles. The zero-order valence-electron chi connectivity index (χ0n) is 14.1. The first-order chi connectivity index (χ1) is 12.1. The maximum atomic E-state index is 6.17. The number of hydrogen-bond donors (Lipinski definition) is 3. The largest absolute Gasteiger partial charge is 0.397 e. The number of rotatable bonds is 3. The monoisotopic (exact) mass is 358 g/mol. The lowest BCUT2D eigenvalue weighted by atomic mass is 10.1. The number of halogens is 1. The molecule has 1 aromatic heterocycles. The van der Waals surface area contributed by atoms with E-state index in [9.17, 15) is 0 Å². The summed E-state index contributed by atoms with van der Waals surface area (Å²) in [4.78, 5) is 11.9. The maximum absolute atomic E-state index is 6.17. The van der Waals surface area contributed by atoms with Crippen LogP contribution in [0.25, 0.3) is 0 Å². The smallest absolute Gasteiger partial charge is 0.229 e. The van der Waals surface area contributed by atoms with Crippen LogP contribution >= 0.6 is 11.6 Å². The van der Waals surface area contributed by atoms with Gasteiger partial charge in [-0.1, -0.05) is 11.6 Å². The van der Waals surface area contributed by atoms with Gasteiger partial charge in [-0.2, -0.15) is 4.98 Å². The quantitative estimate of drug-likeness (QED) is 0.730. The van der Waals surface area contributed by atoms with Crippen LogP contribution in [0.1, 0.15) is 30.5 Å². The van der Waals surface area contributed by atoms with E-state index in [0.717, 1.165) is 62.4 Å². The van der Waals surface area contributed by atoms with Gasteiger partial charge in [0.05, 0.1) is 16.4 Å². The van der Waals surface area contributed by atoms with Crippen molar-refractivity contribution in [2.75, 3.05) is 29.0 Å². The topological polar surface area (TPSA) is 93.1 Å². The Bertz CT molecular complexity index is 793. The molecule has 0 spiro atoms. The number of nitrogen functional groups attached to an aromatic ring is 1. The van der Waals surface area contributed by atoms with Crippen LogP contribution in [0.3, 0.4) is 0 Å². The first-order valence-electron chi connectivity index (χ1n) is 8.82. The van der Waals surface area contributed by atoms with Crippen molar-refractivity contribution in [3.63, 3.8) is 0 Å². The van der Waals surface area contributed by atoms with E-state index in [4.69, 9.17) is 33.0 Å². The zero-order valence-corrected chi connectivity index (χ0v) is 14.9. The Kier molecular flexibility index (Phi) is 4.39. The number of fused-ring (bicyclic) bond motifs is 1. The average Bonchev–Trinajstić information content (AvgIpc) is 3.06. The number of aryl methyl sites for hydroxylation is 1. The second kappa shape index (κ2) is 6.69. The summed E-state index contributed by atoms with van der Waals surface area (Å²) in [5.74, 6) is 1.65. The van der Waals surface area contributed by atoms with Crippen molar-refractivity contribution in [3.05, 3.63) is 34.5 Å². The maximum Gasteiger partial charge on any atom is 0.229 e. The Labute approximate surface area is 152 Å². The molecule has 2 aliphatic rings. The Hall–Kier alpha value is -2.05. The van der Waals surface area contributed by atoms with Crippen LogP contribution in [0.15, 0.2) is 18.2 Å². The summed E-state index contributed by atoms with van der Waals surface area (Å²) in [6.45, 7) is 1.86. The van der Waals surface area contributed by atoms with Gasteiger partial charge in [0.1, 0.15) is 5.82 Å². The molecule has 2 aromatic rings. The van der Waals surface area contributed by atoms with Crippen molar-refractivity contribution in [1.29, 1.82) is 0 Å². The molecule has 2 heterocycles. The van der Waals surface area contributed by atoms with E-state index in [1.54, 1.807) is 12.1 Å². The van der Waals surface area contributed by atoms with Crippen molar-refractivity contribution in [2.45, 2.75) is 38.1 Å². The summed E-state index contributed by atoms with van der Waals surface area (Å²) in [7, 11) is 0. The minimum Gasteiger partial charge on any atom is -0.397 e. The van der Waals surface area contributed by atoms with E-state index >= 15 is 0 Å². The lowest BCUT2D eigenvalue weighted by Crippen LogP contribution is -2.43. The summed E-state index contributed by atoms with van der Waals surface area (Å²) in [5.41, 5.74) is 15.9. The number of nitrogens with zero attached hydrogens (tertiary/aromatic N) is 3. The van der Waals surface area contributed by atoms with E-state index in [-0.39, 0.29) is 6.04 Å². The molecule has 7 heteroatoms. The van der Waals surface area contributed by atoms with Gasteiger partial charge in [0.15, 0.2) is 0 Å². The SMILES string of the molecule is Nc1cc(Nc2nc3c(c(N4CCCC(N)C4)n2)CCC3)ccc1Cl. The zero-order chi connectivity index (χ0) is 17.4. The second-order valence-electron chi connectivity index (χ2n) is 6.86. The highest BCUT2D eigenvalue weighted by Crippen LogP contribution is 2.32. The van der Waals surface area contributed by atoms with Crippen LogP contribution < -0.4 is 21.7 Å². The van der Waals surface area contributed by atoms with Crippen LogP contribution in [0.2, 0.25) is 5.02 Å². The summed E-state index contributed by atoms with van der Waals surface area (Å²) >= 11 is 6.00. The van der Waals surface area contributed by atoms with Crippen molar-refractivity contribution in [1.82, 2.24) is 9.97 Å². The van der Waals surface area contributed by atoms with Crippen LogP contribution in [-0.2, 0) is 12.8 Å². The normalized spacial score (nSPS) is 19.8. The third-order valence-corrected chi connectivity index (χ3v) is 5.27. The minimum atomic E-state index is 0.216. The van der Waals surface area contributed by atoms with E-state index in [1.807, 2.05) is 6.07 Å². The van der Waals surface area contributed by atoms with Crippen molar-refractivity contribution < 1.29 is 0 Å². The third-order valence-electron chi connectivity index (χ3n) is 4.92. The van der Waals surface area contributed by atoms with Crippen LogP contribution in [0.4, 0.5) is 23.1 Å². The molecule has 4 rings (SSSR count). The van der Waals surface area contributed by atoms with Crippen molar-refractivity contribution >= 4 is 34.7 Å². The standard InChI is InChI=1S/C18H23ClN6/c19-14-7-6-12(9-15(14)21)22-18-23-16-5-1-4-13(16)17(24-18)25-8-2-3-11(20)10-25/h6-7,9,11H,1-5,8,10,20-21H2,(H,22,23,24). The Morgan fingerprint density at radius 1 is 1.20 bits per heavy atom. The van der Waals surface area contributed by atoms with Crippen molar-refractivity contribution in [2.24, 2.45) is 5.73 Å². The highest BCUT2D eigenvalue weighted by Gasteiger charge is 2.26. The van der Waals surface area contributed by atoms with Crippen molar-refractivity contribution in [3.8, 4) is 0 Å². The lowest BCUT2D eigenvalue weighted by molar-refractivity contribution is 0.502. The molecule has 6 nitrogen and oxygen atoms in total. The first-order valence-corrected chi connectivity index (χ1v) is 9.20. The molecule has 1 atom stereocenters. The van der Waals surface area contributed by atoms with E-state index in [2.05, 4.69) is 10.2 Å². The van der Waals surface area contributed by atoms with Gasteiger partial charge in [-0.05, 0) is 50.3 Å². The molecule has 1 saturated heterocycles. The summed E-state index contributed by atoms with van der Waals surface area (Å²) < 4.78 is 0. The van der Waals surface area contributed by atoms with E-state index in [0.29, 0.717) is 16.7 Å². The van der Waals surface area contributed by atoms with E-state index < -0.39 is 0 Å². The first kappa shape index (κ1) is 16.4. The molecular weight excluding hydrogens is 336 g/mol. The molecule has 0 saturated carbocycles. The summed E-state index contributed by atoms with van der Waals surface area (Å²) in [5, 5.41) is 3.82. The van der Waals surface area contributed by atoms with Gasteiger partial charge < -0.3 is 21.7 Å². The number of benzene rings is 1. The van der Waals surface area contributed by atoms with Crippen LogP contribution in [0, 0.1) is 0 Å². The van der Waals surface area contributed by atoms with Gasteiger partial charge in [0.2, 0.25) is 5.95 Å². The molecule has 25 heavy (non-hydrogen) atoms. The molecule has 132 valence electrons. The number of nitrogens with two attached hydrogens (primary N) is 2. The summed E-state index contributed by atoms with van der Waals surface area (Å²) in [6, 6.07) is 5.67. The fraction of sp³-hybridized carbons (Fsp3) is 0.444. The number of nitrogens with one attached hydrogen (secondary N) is 1. The number of anilines is 4. The predicted molar refractivity (Wildman–Crippen MR) is 103 cm³/mol. The molecule has 1 fully saturated rings. The molecule has 1 unspecified atom stereocenters. The van der Waals surface area contributed by atoms with Gasteiger partial charge in [0.25, 0.3) is 0 Å². The minimum absolute atomic E-state index is 0.216.